The number of halogens is 2. The van der Waals surface area contributed by atoms with E-state index in [0.29, 0.717) is 22.2 Å². The molecule has 0 atom stereocenters. The normalized spacial score (nSPS) is 14.3. The first kappa shape index (κ1) is 26.1. The molecule has 1 heterocycles. The van der Waals surface area contributed by atoms with Crippen LogP contribution in [0.25, 0.3) is 6.08 Å². The fourth-order valence-electron chi connectivity index (χ4n) is 3.60. The average molecular weight is 523 g/mol. The van der Waals surface area contributed by atoms with Gasteiger partial charge in [-0.2, -0.15) is 8.78 Å². The zero-order valence-electron chi connectivity index (χ0n) is 20.2. The minimum absolute atomic E-state index is 0.0313. The Bertz CT molecular complexity index is 1320. The molecule has 0 saturated heterocycles. The van der Waals surface area contributed by atoms with Crippen molar-refractivity contribution >= 4 is 40.4 Å². The Kier molecular flexibility index (Phi) is 8.35. The highest BCUT2D eigenvalue weighted by molar-refractivity contribution is 8.14. The molecule has 1 aliphatic heterocycles. The first-order valence-corrected chi connectivity index (χ1v) is 12.4. The number of aliphatic imine (C=N–C) groups is 1. The summed E-state index contributed by atoms with van der Waals surface area (Å²) < 4.78 is 34.7. The van der Waals surface area contributed by atoms with Crippen molar-refractivity contribution in [2.75, 3.05) is 17.8 Å². The standard InChI is InChI=1S/C28H24F2N2O4S/c1-3-18-4-8-20(9-5-18)25(33)17-37-28-31-24(16-19-6-12-22(35-2)13-7-19)26(34)32(28)21-10-14-23(15-11-21)36-27(29)30/h4-16,27H,3,17H2,1-2H3. The number of ether oxygens (including phenoxy) is 2. The quantitative estimate of drug-likeness (QED) is 0.247. The monoisotopic (exact) mass is 522 g/mol. The Morgan fingerprint density at radius 1 is 1.00 bits per heavy atom. The van der Waals surface area contributed by atoms with E-state index in [0.717, 1.165) is 29.3 Å². The molecule has 3 aromatic carbocycles. The van der Waals surface area contributed by atoms with Crippen LogP contribution in [-0.2, 0) is 11.2 Å². The van der Waals surface area contributed by atoms with E-state index < -0.39 is 12.5 Å². The van der Waals surface area contributed by atoms with Crippen LogP contribution in [0.1, 0.15) is 28.4 Å². The number of hydrogen-bond acceptors (Lipinski definition) is 6. The molecule has 0 spiro atoms. The van der Waals surface area contributed by atoms with Gasteiger partial charge in [0.2, 0.25) is 0 Å². The van der Waals surface area contributed by atoms with Crippen LogP contribution in [0, 0.1) is 0 Å². The number of aryl methyl sites for hydroxylation is 1. The number of rotatable bonds is 9. The minimum Gasteiger partial charge on any atom is -0.497 e. The summed E-state index contributed by atoms with van der Waals surface area (Å²) in [6, 6.07) is 20.2. The molecule has 0 N–H and O–H groups in total. The van der Waals surface area contributed by atoms with E-state index in [1.807, 2.05) is 19.1 Å². The molecule has 190 valence electrons. The number of amidine groups is 1. The van der Waals surface area contributed by atoms with Gasteiger partial charge >= 0.3 is 6.61 Å². The number of Topliss-reactive ketones (excluding diaryl/α,β-unsaturated/α-hetero) is 1. The lowest BCUT2D eigenvalue weighted by molar-refractivity contribution is -0.113. The molecule has 0 bridgehead atoms. The van der Waals surface area contributed by atoms with Gasteiger partial charge in [0, 0.05) is 5.56 Å². The number of amides is 1. The Hall–Kier alpha value is -3.98. The fraction of sp³-hybridized carbons (Fsp3) is 0.179. The highest BCUT2D eigenvalue weighted by atomic mass is 32.2. The molecule has 0 aliphatic carbocycles. The van der Waals surface area contributed by atoms with E-state index in [1.54, 1.807) is 49.6 Å². The van der Waals surface area contributed by atoms with Crippen molar-refractivity contribution in [2.45, 2.75) is 20.0 Å². The second kappa shape index (κ2) is 11.8. The largest absolute Gasteiger partial charge is 0.497 e. The summed E-state index contributed by atoms with van der Waals surface area (Å²) >= 11 is 1.13. The topological polar surface area (TPSA) is 68.2 Å². The number of ketones is 1. The molecule has 0 radical (unpaired) electrons. The van der Waals surface area contributed by atoms with Gasteiger partial charge in [-0.05, 0) is 60.0 Å². The van der Waals surface area contributed by atoms with Crippen LogP contribution in [-0.4, -0.2) is 36.3 Å². The van der Waals surface area contributed by atoms with Gasteiger partial charge in [-0.25, -0.2) is 4.99 Å². The number of carbonyl (C=O) groups is 2. The van der Waals surface area contributed by atoms with E-state index in [4.69, 9.17) is 4.74 Å². The average Bonchev–Trinajstić information content (AvgIpc) is 3.22. The predicted molar refractivity (Wildman–Crippen MR) is 142 cm³/mol. The molecule has 37 heavy (non-hydrogen) atoms. The molecule has 3 aromatic rings. The number of carbonyl (C=O) groups excluding carboxylic acids is 2. The van der Waals surface area contributed by atoms with Crippen LogP contribution in [0.4, 0.5) is 14.5 Å². The summed E-state index contributed by atoms with van der Waals surface area (Å²) in [5.41, 5.74) is 3.04. The second-order valence-corrected chi connectivity index (χ2v) is 8.91. The lowest BCUT2D eigenvalue weighted by atomic mass is 10.1. The molecular weight excluding hydrogens is 498 g/mol. The van der Waals surface area contributed by atoms with Gasteiger partial charge in [-0.3, -0.25) is 14.5 Å². The van der Waals surface area contributed by atoms with Crippen molar-refractivity contribution in [3.8, 4) is 11.5 Å². The zero-order chi connectivity index (χ0) is 26.4. The molecular formula is C28H24F2N2O4S. The van der Waals surface area contributed by atoms with Crippen molar-refractivity contribution in [3.05, 3.63) is 95.2 Å². The van der Waals surface area contributed by atoms with E-state index in [2.05, 4.69) is 9.73 Å². The van der Waals surface area contributed by atoms with Gasteiger partial charge in [-0.1, -0.05) is 55.1 Å². The maximum atomic E-state index is 13.4. The van der Waals surface area contributed by atoms with Gasteiger partial charge in [-0.15, -0.1) is 0 Å². The van der Waals surface area contributed by atoms with E-state index in [1.165, 1.54) is 29.2 Å². The third-order valence-corrected chi connectivity index (χ3v) is 6.52. The lowest BCUT2D eigenvalue weighted by Crippen LogP contribution is -2.30. The van der Waals surface area contributed by atoms with Crippen LogP contribution in [0.5, 0.6) is 11.5 Å². The van der Waals surface area contributed by atoms with Crippen molar-refractivity contribution in [3.63, 3.8) is 0 Å². The number of methoxy groups -OCH3 is 1. The van der Waals surface area contributed by atoms with Crippen molar-refractivity contribution < 1.29 is 27.8 Å². The van der Waals surface area contributed by atoms with Crippen molar-refractivity contribution in [1.29, 1.82) is 0 Å². The zero-order valence-corrected chi connectivity index (χ0v) is 21.0. The highest BCUT2D eigenvalue weighted by Crippen LogP contribution is 2.31. The van der Waals surface area contributed by atoms with Crippen LogP contribution >= 0.6 is 11.8 Å². The SMILES string of the molecule is CCc1ccc(C(=O)CSC2=NC(=Cc3ccc(OC)cc3)C(=O)N2c2ccc(OC(F)F)cc2)cc1. The number of thioether (sulfide) groups is 1. The summed E-state index contributed by atoms with van der Waals surface area (Å²) in [4.78, 5) is 32.0. The van der Waals surface area contributed by atoms with Gasteiger partial charge in [0.25, 0.3) is 5.91 Å². The van der Waals surface area contributed by atoms with E-state index in [9.17, 15) is 18.4 Å². The predicted octanol–water partition coefficient (Wildman–Crippen LogP) is 6.22. The smallest absolute Gasteiger partial charge is 0.387 e. The van der Waals surface area contributed by atoms with E-state index in [-0.39, 0.29) is 23.0 Å². The van der Waals surface area contributed by atoms with E-state index >= 15 is 0 Å². The van der Waals surface area contributed by atoms with Crippen LogP contribution < -0.4 is 14.4 Å². The number of anilines is 1. The molecule has 6 nitrogen and oxygen atoms in total. The molecule has 0 fully saturated rings. The molecule has 0 unspecified atom stereocenters. The highest BCUT2D eigenvalue weighted by Gasteiger charge is 2.32. The van der Waals surface area contributed by atoms with Gasteiger partial charge in [0.1, 0.15) is 17.2 Å². The van der Waals surface area contributed by atoms with Crippen LogP contribution in [0.2, 0.25) is 0 Å². The summed E-state index contributed by atoms with van der Waals surface area (Å²) in [6.45, 7) is -0.914. The summed E-state index contributed by atoms with van der Waals surface area (Å²) in [7, 11) is 1.57. The second-order valence-electron chi connectivity index (χ2n) is 7.97. The number of nitrogens with zero attached hydrogens (tertiary/aromatic N) is 2. The first-order chi connectivity index (χ1) is 17.9. The Morgan fingerprint density at radius 2 is 1.65 bits per heavy atom. The number of benzene rings is 3. The maximum Gasteiger partial charge on any atom is 0.387 e. The Balaban J connectivity index is 1.60. The third kappa shape index (κ3) is 6.42. The fourth-order valence-corrected chi connectivity index (χ4v) is 4.50. The number of hydrogen-bond donors (Lipinski definition) is 0. The molecule has 0 aromatic heterocycles. The lowest BCUT2D eigenvalue weighted by Gasteiger charge is -2.18. The molecule has 1 aliphatic rings. The summed E-state index contributed by atoms with van der Waals surface area (Å²) in [5, 5.41) is 0.311. The van der Waals surface area contributed by atoms with Gasteiger partial charge < -0.3 is 9.47 Å². The molecule has 9 heteroatoms. The summed E-state index contributed by atoms with van der Waals surface area (Å²) in [6.07, 6.45) is 2.52. The van der Waals surface area contributed by atoms with Crippen molar-refractivity contribution in [1.82, 2.24) is 0 Å². The number of alkyl halides is 2. The van der Waals surface area contributed by atoms with Gasteiger partial charge in [0.05, 0.1) is 18.6 Å². The Morgan fingerprint density at radius 3 is 2.24 bits per heavy atom. The Labute approximate surface area is 217 Å². The van der Waals surface area contributed by atoms with Crippen LogP contribution in [0.15, 0.2) is 83.5 Å². The molecule has 0 saturated carbocycles. The summed E-state index contributed by atoms with van der Waals surface area (Å²) in [5.74, 6) is 0.210. The first-order valence-electron chi connectivity index (χ1n) is 11.5. The van der Waals surface area contributed by atoms with Crippen LogP contribution in [0.3, 0.4) is 0 Å². The molecule has 1 amide bonds. The minimum atomic E-state index is -2.96. The molecule has 4 rings (SSSR count). The van der Waals surface area contributed by atoms with Crippen molar-refractivity contribution in [2.24, 2.45) is 4.99 Å². The van der Waals surface area contributed by atoms with Gasteiger partial charge in [0.15, 0.2) is 11.0 Å². The third-order valence-electron chi connectivity index (χ3n) is 5.59. The maximum absolute atomic E-state index is 13.4.